The number of nitrogens with zero attached hydrogens (tertiary/aromatic N) is 3. The van der Waals surface area contributed by atoms with E-state index in [0.29, 0.717) is 11.0 Å². The van der Waals surface area contributed by atoms with Crippen molar-refractivity contribution in [3.8, 4) is 6.07 Å². The molecule has 0 atom stereocenters. The van der Waals surface area contributed by atoms with E-state index in [0.717, 1.165) is 17.4 Å². The van der Waals surface area contributed by atoms with Crippen LogP contribution in [-0.2, 0) is 6.54 Å². The van der Waals surface area contributed by atoms with Crippen LogP contribution in [0.3, 0.4) is 0 Å². The van der Waals surface area contributed by atoms with Crippen molar-refractivity contribution in [2.75, 3.05) is 13.1 Å². The second-order valence-corrected chi connectivity index (χ2v) is 6.80. The van der Waals surface area contributed by atoms with Gasteiger partial charge in [-0.2, -0.15) is 5.26 Å². The number of hydrogen-bond acceptors (Lipinski definition) is 3. The van der Waals surface area contributed by atoms with Crippen molar-refractivity contribution in [2.24, 2.45) is 5.41 Å². The molecule has 0 aliphatic carbocycles. The van der Waals surface area contributed by atoms with Gasteiger partial charge in [0.1, 0.15) is 6.07 Å². The summed E-state index contributed by atoms with van der Waals surface area (Å²) in [7, 11) is 0. The number of likely N-dealkylation sites (tertiary alicyclic amines) is 1. The highest BCUT2D eigenvalue weighted by Gasteiger charge is 2.25. The first-order chi connectivity index (χ1) is 10.1. The van der Waals surface area contributed by atoms with Crippen LogP contribution >= 0.6 is 0 Å². The van der Waals surface area contributed by atoms with Crippen molar-refractivity contribution in [1.82, 2.24) is 9.88 Å². The summed E-state index contributed by atoms with van der Waals surface area (Å²) in [6.45, 7) is 8.04. The molecule has 0 spiro atoms. The maximum absolute atomic E-state index is 8.98. The lowest BCUT2D eigenvalue weighted by molar-refractivity contribution is 0.127. The maximum Gasteiger partial charge on any atom is 0.101 e. The maximum atomic E-state index is 8.98. The van der Waals surface area contributed by atoms with E-state index in [1.54, 1.807) is 6.20 Å². The molecule has 3 nitrogen and oxygen atoms in total. The average Bonchev–Trinajstić information content (AvgIpc) is 2.48. The van der Waals surface area contributed by atoms with Gasteiger partial charge in [-0.15, -0.1) is 0 Å². The van der Waals surface area contributed by atoms with Crippen molar-refractivity contribution >= 4 is 10.9 Å². The van der Waals surface area contributed by atoms with E-state index in [9.17, 15) is 0 Å². The number of pyridine rings is 1. The third-order valence-corrected chi connectivity index (χ3v) is 4.49. The molecule has 0 radical (unpaired) electrons. The number of rotatable bonds is 2. The van der Waals surface area contributed by atoms with Gasteiger partial charge in [0.25, 0.3) is 0 Å². The Bertz CT molecular complexity index is 687. The zero-order valence-corrected chi connectivity index (χ0v) is 12.8. The van der Waals surface area contributed by atoms with Gasteiger partial charge >= 0.3 is 0 Å². The number of piperidine rings is 1. The Morgan fingerprint density at radius 2 is 2.00 bits per heavy atom. The van der Waals surface area contributed by atoms with Crippen LogP contribution in [0.25, 0.3) is 10.9 Å². The molecule has 0 N–H and O–H groups in total. The molecule has 1 aliphatic heterocycles. The molecule has 2 aromatic rings. The summed E-state index contributed by atoms with van der Waals surface area (Å²) >= 11 is 0. The minimum absolute atomic E-state index is 0.492. The fourth-order valence-electron chi connectivity index (χ4n) is 2.92. The van der Waals surface area contributed by atoms with Gasteiger partial charge in [0.05, 0.1) is 11.1 Å². The Balaban J connectivity index is 1.77. The van der Waals surface area contributed by atoms with Gasteiger partial charge in [-0.3, -0.25) is 9.88 Å². The predicted molar refractivity (Wildman–Crippen MR) is 84.8 cm³/mol. The van der Waals surface area contributed by atoms with Gasteiger partial charge in [0.2, 0.25) is 0 Å². The van der Waals surface area contributed by atoms with Crippen LogP contribution in [0.4, 0.5) is 0 Å². The Kier molecular flexibility index (Phi) is 3.65. The molecule has 0 saturated carbocycles. The summed E-state index contributed by atoms with van der Waals surface area (Å²) in [4.78, 5) is 6.84. The molecular weight excluding hydrogens is 258 g/mol. The standard InChI is InChI=1S/C18H21N3/c1-18(2)5-7-21(8-6-18)13-14-3-4-17-16(9-14)10-15(11-19)12-20-17/h3-4,9-10,12H,5-8,13H2,1-2H3. The SMILES string of the molecule is CC1(C)CCN(Cc2ccc3ncc(C#N)cc3c2)CC1. The van der Waals surface area contributed by atoms with Crippen LogP contribution in [0.5, 0.6) is 0 Å². The van der Waals surface area contributed by atoms with Crippen molar-refractivity contribution in [1.29, 1.82) is 5.26 Å². The summed E-state index contributed by atoms with van der Waals surface area (Å²) < 4.78 is 0. The van der Waals surface area contributed by atoms with Gasteiger partial charge in [-0.05, 0) is 55.1 Å². The van der Waals surface area contributed by atoms with Crippen LogP contribution in [0.15, 0.2) is 30.5 Å². The zero-order chi connectivity index (χ0) is 14.9. The van der Waals surface area contributed by atoms with E-state index in [-0.39, 0.29) is 0 Å². The minimum Gasteiger partial charge on any atom is -0.299 e. The number of aromatic nitrogens is 1. The monoisotopic (exact) mass is 279 g/mol. The molecule has 21 heavy (non-hydrogen) atoms. The third-order valence-electron chi connectivity index (χ3n) is 4.49. The molecular formula is C18H21N3. The van der Waals surface area contributed by atoms with E-state index in [4.69, 9.17) is 5.26 Å². The molecule has 1 saturated heterocycles. The van der Waals surface area contributed by atoms with Gasteiger partial charge < -0.3 is 0 Å². The lowest BCUT2D eigenvalue weighted by Gasteiger charge is -2.36. The lowest BCUT2D eigenvalue weighted by atomic mass is 9.82. The number of benzene rings is 1. The molecule has 1 aliphatic rings. The zero-order valence-electron chi connectivity index (χ0n) is 12.8. The normalized spacial score (nSPS) is 18.5. The quantitative estimate of drug-likeness (QED) is 0.841. The summed E-state index contributed by atoms with van der Waals surface area (Å²) in [5.41, 5.74) is 3.38. The number of hydrogen-bond donors (Lipinski definition) is 0. The fourth-order valence-corrected chi connectivity index (χ4v) is 2.92. The van der Waals surface area contributed by atoms with E-state index >= 15 is 0 Å². The predicted octanol–water partition coefficient (Wildman–Crippen LogP) is 3.73. The summed E-state index contributed by atoms with van der Waals surface area (Å²) in [5, 5.41) is 10.0. The largest absolute Gasteiger partial charge is 0.299 e. The van der Waals surface area contributed by atoms with Crippen LogP contribution in [-0.4, -0.2) is 23.0 Å². The van der Waals surface area contributed by atoms with Crippen LogP contribution < -0.4 is 0 Å². The van der Waals surface area contributed by atoms with E-state index < -0.39 is 0 Å². The molecule has 0 unspecified atom stereocenters. The lowest BCUT2D eigenvalue weighted by Crippen LogP contribution is -2.36. The van der Waals surface area contributed by atoms with Crippen LogP contribution in [0.1, 0.15) is 37.8 Å². The van der Waals surface area contributed by atoms with Gasteiger partial charge in [-0.1, -0.05) is 19.9 Å². The topological polar surface area (TPSA) is 39.9 Å². The first-order valence-electron chi connectivity index (χ1n) is 7.57. The molecule has 3 rings (SSSR count). The van der Waals surface area contributed by atoms with E-state index in [2.05, 4.69) is 48.0 Å². The average molecular weight is 279 g/mol. The molecule has 0 amide bonds. The van der Waals surface area contributed by atoms with E-state index in [1.165, 1.54) is 31.5 Å². The van der Waals surface area contributed by atoms with Crippen molar-refractivity contribution in [3.63, 3.8) is 0 Å². The Hall–Kier alpha value is -1.92. The molecule has 108 valence electrons. The highest BCUT2D eigenvalue weighted by molar-refractivity contribution is 5.80. The Morgan fingerprint density at radius 1 is 1.24 bits per heavy atom. The molecule has 3 heteroatoms. The first-order valence-corrected chi connectivity index (χ1v) is 7.57. The van der Waals surface area contributed by atoms with Crippen molar-refractivity contribution in [2.45, 2.75) is 33.2 Å². The number of fused-ring (bicyclic) bond motifs is 1. The Morgan fingerprint density at radius 3 is 2.71 bits per heavy atom. The van der Waals surface area contributed by atoms with E-state index in [1.807, 2.05) is 6.07 Å². The molecule has 2 heterocycles. The van der Waals surface area contributed by atoms with Crippen LogP contribution in [0, 0.1) is 16.7 Å². The molecule has 1 fully saturated rings. The van der Waals surface area contributed by atoms with Crippen LogP contribution in [0.2, 0.25) is 0 Å². The smallest absolute Gasteiger partial charge is 0.101 e. The van der Waals surface area contributed by atoms with Gasteiger partial charge in [0.15, 0.2) is 0 Å². The van der Waals surface area contributed by atoms with Crippen molar-refractivity contribution in [3.05, 3.63) is 41.6 Å². The highest BCUT2D eigenvalue weighted by atomic mass is 15.1. The summed E-state index contributed by atoms with van der Waals surface area (Å²) in [6, 6.07) is 10.5. The first kappa shape index (κ1) is 14.0. The highest BCUT2D eigenvalue weighted by Crippen LogP contribution is 2.30. The molecule has 1 aromatic carbocycles. The van der Waals surface area contributed by atoms with Crippen molar-refractivity contribution < 1.29 is 0 Å². The molecule has 1 aromatic heterocycles. The summed E-state index contributed by atoms with van der Waals surface area (Å²) in [6.07, 6.45) is 4.16. The number of nitriles is 1. The second kappa shape index (κ2) is 5.46. The van der Waals surface area contributed by atoms with Gasteiger partial charge in [-0.25, -0.2) is 0 Å². The Labute approximate surface area is 126 Å². The fraction of sp³-hybridized carbons (Fsp3) is 0.444. The molecule has 0 bridgehead atoms. The third kappa shape index (κ3) is 3.22. The minimum atomic E-state index is 0.492. The summed E-state index contributed by atoms with van der Waals surface area (Å²) in [5.74, 6) is 0. The second-order valence-electron chi connectivity index (χ2n) is 6.80. The van der Waals surface area contributed by atoms with Gasteiger partial charge in [0, 0.05) is 18.1 Å².